The highest BCUT2D eigenvalue weighted by Crippen LogP contribution is 2.27. The van der Waals surface area contributed by atoms with Crippen LogP contribution in [0.15, 0.2) is 71.2 Å². The van der Waals surface area contributed by atoms with Crippen LogP contribution in [-0.4, -0.2) is 31.6 Å². The topological polar surface area (TPSA) is 90.5 Å². The number of para-hydroxylation sites is 1. The lowest BCUT2D eigenvalue weighted by atomic mass is 10.0. The summed E-state index contributed by atoms with van der Waals surface area (Å²) >= 11 is 0. The van der Waals surface area contributed by atoms with Gasteiger partial charge in [0, 0.05) is 18.8 Å². The monoisotopic (exact) mass is 446 g/mol. The Kier molecular flexibility index (Phi) is 7.70. The Hall–Kier alpha value is -3.22. The summed E-state index contributed by atoms with van der Waals surface area (Å²) in [5.41, 5.74) is 10.1. The van der Waals surface area contributed by atoms with Crippen LogP contribution in [0.4, 0.5) is 5.69 Å². The van der Waals surface area contributed by atoms with E-state index in [2.05, 4.69) is 30.4 Å². The molecule has 2 heterocycles. The van der Waals surface area contributed by atoms with Gasteiger partial charge in [0.05, 0.1) is 24.3 Å². The first-order valence-electron chi connectivity index (χ1n) is 11.6. The van der Waals surface area contributed by atoms with Gasteiger partial charge in [0.2, 0.25) is 5.84 Å². The summed E-state index contributed by atoms with van der Waals surface area (Å²) in [6, 6.07) is 15.7. The zero-order valence-electron chi connectivity index (χ0n) is 19.1. The van der Waals surface area contributed by atoms with Crippen molar-refractivity contribution in [1.29, 1.82) is 0 Å². The average molecular weight is 447 g/mol. The lowest BCUT2D eigenvalue weighted by molar-refractivity contribution is -0.446. The number of nitrogens with two attached hydrogens (primary N) is 2. The highest BCUT2D eigenvalue weighted by molar-refractivity contribution is 5.97. The molecule has 172 valence electrons. The van der Waals surface area contributed by atoms with E-state index in [0.717, 1.165) is 61.7 Å². The van der Waals surface area contributed by atoms with Crippen molar-refractivity contribution in [3.05, 3.63) is 77.4 Å². The van der Waals surface area contributed by atoms with Gasteiger partial charge < -0.3 is 15.2 Å². The molecule has 2 aromatic rings. The molecule has 6 nitrogen and oxygen atoms in total. The lowest BCUT2D eigenvalue weighted by Gasteiger charge is -2.13. The molecular weight excluding hydrogens is 414 g/mol. The second-order valence-electron chi connectivity index (χ2n) is 8.51. The fourth-order valence-corrected chi connectivity index (χ4v) is 4.10. The molecule has 0 saturated carbocycles. The van der Waals surface area contributed by atoms with Gasteiger partial charge in [0.25, 0.3) is 5.91 Å². The molecule has 2 aliphatic heterocycles. The Morgan fingerprint density at radius 1 is 1.21 bits per heavy atom. The summed E-state index contributed by atoms with van der Waals surface area (Å²) in [6.45, 7) is 4.29. The minimum atomic E-state index is -0.505. The zero-order valence-corrected chi connectivity index (χ0v) is 19.1. The van der Waals surface area contributed by atoms with Gasteiger partial charge in [-0.3, -0.25) is 10.1 Å². The van der Waals surface area contributed by atoms with Crippen molar-refractivity contribution < 1.29 is 19.6 Å². The maximum absolute atomic E-state index is 12.2. The van der Waals surface area contributed by atoms with Crippen molar-refractivity contribution in [1.82, 2.24) is 0 Å². The number of allylic oxidation sites excluding steroid dienone is 2. The third-order valence-electron chi connectivity index (χ3n) is 6.08. The minimum Gasteiger partial charge on any atom is -0.493 e. The third kappa shape index (κ3) is 6.18. The summed E-state index contributed by atoms with van der Waals surface area (Å²) in [7, 11) is 0. The fraction of sp³-hybridized carbons (Fsp3) is 0.333. The van der Waals surface area contributed by atoms with Crippen molar-refractivity contribution in [2.75, 3.05) is 19.8 Å². The number of hydrogen-bond acceptors (Lipinski definition) is 4. The lowest BCUT2D eigenvalue weighted by Crippen LogP contribution is -2.82. The van der Waals surface area contributed by atoms with E-state index in [0.29, 0.717) is 23.8 Å². The minimum absolute atomic E-state index is 0.379. The highest BCUT2D eigenvalue weighted by Gasteiger charge is 2.18. The summed E-state index contributed by atoms with van der Waals surface area (Å²) in [4.78, 5) is 17.1. The summed E-state index contributed by atoms with van der Waals surface area (Å²) in [5, 5.41) is 2.11. The molecule has 33 heavy (non-hydrogen) atoms. The number of carbonyl (C=O) groups excluding carboxylic acids is 1. The van der Waals surface area contributed by atoms with Gasteiger partial charge >= 0.3 is 0 Å². The van der Waals surface area contributed by atoms with E-state index in [1.165, 1.54) is 5.57 Å². The number of amides is 1. The Labute approximate surface area is 195 Å². The summed E-state index contributed by atoms with van der Waals surface area (Å²) in [5.74, 6) is 1.52. The molecule has 1 atom stereocenters. The molecule has 2 aromatic carbocycles. The normalized spacial score (nSPS) is 18.2. The Bertz CT molecular complexity index is 1070. The van der Waals surface area contributed by atoms with E-state index in [1.54, 1.807) is 6.07 Å². The summed E-state index contributed by atoms with van der Waals surface area (Å²) in [6.07, 6.45) is 7.86. The Morgan fingerprint density at radius 3 is 2.79 bits per heavy atom. The van der Waals surface area contributed by atoms with Crippen LogP contribution >= 0.6 is 0 Å². The maximum Gasteiger partial charge on any atom is 0.252 e. The van der Waals surface area contributed by atoms with E-state index < -0.39 is 5.91 Å². The smallest absolute Gasteiger partial charge is 0.252 e. The molecule has 0 bridgehead atoms. The van der Waals surface area contributed by atoms with Crippen LogP contribution in [0.2, 0.25) is 0 Å². The molecule has 1 saturated heterocycles. The first kappa shape index (κ1) is 23.0. The van der Waals surface area contributed by atoms with Crippen LogP contribution in [0.1, 0.15) is 48.5 Å². The van der Waals surface area contributed by atoms with Crippen molar-refractivity contribution in [2.45, 2.75) is 32.6 Å². The first-order chi connectivity index (χ1) is 16.1. The Morgan fingerprint density at radius 2 is 2.06 bits per heavy atom. The second-order valence-corrected chi connectivity index (χ2v) is 8.51. The molecule has 1 fully saturated rings. The number of nitrogens with zero attached hydrogens (tertiary/aromatic N) is 1. The van der Waals surface area contributed by atoms with E-state index >= 15 is 0 Å². The number of hydrogen-bond donors (Lipinski definition) is 2. The molecule has 2 aliphatic rings. The van der Waals surface area contributed by atoms with E-state index in [1.807, 2.05) is 36.4 Å². The number of quaternary nitrogens is 1. The quantitative estimate of drug-likeness (QED) is 0.601. The Balaban J connectivity index is 1.56. The second kappa shape index (κ2) is 11.1. The van der Waals surface area contributed by atoms with Crippen LogP contribution in [0.25, 0.3) is 5.70 Å². The van der Waals surface area contributed by atoms with E-state index in [4.69, 9.17) is 20.2 Å². The molecule has 4 rings (SSSR count). The van der Waals surface area contributed by atoms with Crippen LogP contribution < -0.4 is 15.8 Å². The van der Waals surface area contributed by atoms with Crippen molar-refractivity contribution in [3.63, 3.8) is 0 Å². The summed E-state index contributed by atoms with van der Waals surface area (Å²) < 4.78 is 11.4. The number of primary amides is 1. The largest absolute Gasteiger partial charge is 0.493 e. The number of rotatable bonds is 8. The molecule has 0 unspecified atom stereocenters. The van der Waals surface area contributed by atoms with Gasteiger partial charge in [0.1, 0.15) is 11.4 Å². The molecule has 0 spiro atoms. The third-order valence-corrected chi connectivity index (χ3v) is 6.08. The predicted molar refractivity (Wildman–Crippen MR) is 130 cm³/mol. The number of benzene rings is 2. The van der Waals surface area contributed by atoms with Gasteiger partial charge in [-0.05, 0) is 61.6 Å². The number of aliphatic imine (C=N–C) groups is 1. The van der Waals surface area contributed by atoms with Crippen LogP contribution in [0.3, 0.4) is 0 Å². The molecule has 0 aromatic heterocycles. The van der Waals surface area contributed by atoms with Gasteiger partial charge in [-0.25, -0.2) is 0 Å². The van der Waals surface area contributed by atoms with E-state index in [9.17, 15) is 4.79 Å². The predicted octanol–water partition coefficient (Wildman–Crippen LogP) is 3.97. The highest BCUT2D eigenvalue weighted by atomic mass is 16.5. The van der Waals surface area contributed by atoms with Crippen LogP contribution in [-0.2, 0) is 4.74 Å². The molecule has 1 amide bonds. The zero-order chi connectivity index (χ0) is 23.0. The molecular formula is C27H32N3O3+. The van der Waals surface area contributed by atoms with E-state index in [-0.39, 0.29) is 0 Å². The average Bonchev–Trinajstić information content (AvgIpc) is 3.26. The number of ether oxygens (including phenoxy) is 2. The van der Waals surface area contributed by atoms with Gasteiger partial charge in [-0.2, -0.15) is 4.99 Å². The van der Waals surface area contributed by atoms with Crippen molar-refractivity contribution >= 4 is 23.1 Å². The molecule has 0 radical (unpaired) electrons. The van der Waals surface area contributed by atoms with Gasteiger partial charge in [-0.15, -0.1) is 0 Å². The fourth-order valence-electron chi connectivity index (χ4n) is 4.10. The van der Waals surface area contributed by atoms with Gasteiger partial charge in [0.15, 0.2) is 0 Å². The number of amidine groups is 1. The SMILES string of the molecule is CCC1=CC=C(c2ccc(OCC[C@@H]3CCOC3)c(C(N)=O)c2)N=C([NH2+]c2ccccc2)C1. The van der Waals surface area contributed by atoms with Crippen molar-refractivity contribution in [3.8, 4) is 5.75 Å². The molecule has 0 aliphatic carbocycles. The van der Waals surface area contributed by atoms with Crippen LogP contribution in [0, 0.1) is 5.92 Å². The first-order valence-corrected chi connectivity index (χ1v) is 11.6. The van der Waals surface area contributed by atoms with Crippen LogP contribution in [0.5, 0.6) is 5.75 Å². The standard InChI is InChI=1S/C27H31N3O3/c1-2-19-8-10-24(30-26(16-19)29-22-6-4-3-5-7-22)21-9-11-25(23(17-21)27(28)31)33-15-13-20-12-14-32-18-20/h3-11,17,20H,2,12-16,18H2,1H3,(H2,28,31)(H,29,30)/p+1/t20-/m0/s1. The molecule has 4 N–H and O–H groups in total. The molecule has 6 heteroatoms. The maximum atomic E-state index is 12.2. The number of carbonyl (C=O) groups is 1. The van der Waals surface area contributed by atoms with Gasteiger partial charge in [-0.1, -0.05) is 36.8 Å². The van der Waals surface area contributed by atoms with Crippen molar-refractivity contribution in [2.24, 2.45) is 16.6 Å².